The number of fused-ring (bicyclic) bond motifs is 1. The summed E-state index contributed by atoms with van der Waals surface area (Å²) in [7, 11) is 0. The molecule has 1 aromatic heterocycles. The Morgan fingerprint density at radius 2 is 1.47 bits per heavy atom. The minimum Gasteiger partial charge on any atom is -0.253 e. The van der Waals surface area contributed by atoms with Crippen LogP contribution >= 0.6 is 0 Å². The summed E-state index contributed by atoms with van der Waals surface area (Å²) in [5.74, 6) is 0. The predicted molar refractivity (Wildman–Crippen MR) is 74.1 cm³/mol. The number of aromatic nitrogens is 2. The molecule has 0 spiro atoms. The van der Waals surface area contributed by atoms with E-state index in [9.17, 15) is 0 Å². The zero-order valence-electron chi connectivity index (χ0n) is 11.1. The topological polar surface area (TPSA) is 25.8 Å². The molecule has 0 N–H and O–H groups in total. The second-order valence-electron chi connectivity index (χ2n) is 4.26. The van der Waals surface area contributed by atoms with Crippen LogP contribution in [0.25, 0.3) is 11.0 Å². The van der Waals surface area contributed by atoms with E-state index in [1.165, 1.54) is 31.2 Å². The molecule has 1 heterocycles. The molecule has 0 unspecified atom stereocenters. The lowest BCUT2D eigenvalue weighted by Gasteiger charge is -1.95. The van der Waals surface area contributed by atoms with Crippen LogP contribution in [-0.4, -0.2) is 9.97 Å². The number of aryl methyl sites for hydroxylation is 1. The summed E-state index contributed by atoms with van der Waals surface area (Å²) in [5.41, 5.74) is 3.14. The number of hydrogen-bond acceptors (Lipinski definition) is 2. The van der Waals surface area contributed by atoms with E-state index in [4.69, 9.17) is 0 Å². The molecule has 0 aliphatic rings. The van der Waals surface area contributed by atoms with Gasteiger partial charge in [-0.1, -0.05) is 45.6 Å². The highest BCUT2D eigenvalue weighted by Crippen LogP contribution is 2.08. The Bertz CT molecular complexity index is 434. The summed E-state index contributed by atoms with van der Waals surface area (Å²) in [4.78, 5) is 8.34. The van der Waals surface area contributed by atoms with Gasteiger partial charge in [0.05, 0.1) is 11.0 Å². The SMILES string of the molecule is CCCCCC.Cc1ccc2nccnc2c1. The van der Waals surface area contributed by atoms with Crippen molar-refractivity contribution in [1.82, 2.24) is 9.97 Å². The Morgan fingerprint density at radius 3 is 2.06 bits per heavy atom. The van der Waals surface area contributed by atoms with Gasteiger partial charge >= 0.3 is 0 Å². The molecular formula is C15H22N2. The second kappa shape index (κ2) is 7.77. The predicted octanol–water partition coefficient (Wildman–Crippen LogP) is 4.52. The molecule has 0 aliphatic heterocycles. The standard InChI is InChI=1S/C9H8N2.C6H14/c1-7-2-3-8-9(6-7)11-5-4-10-8;1-3-5-6-4-2/h2-6H,1H3;3-6H2,1-2H3. The van der Waals surface area contributed by atoms with Crippen LogP contribution in [0.3, 0.4) is 0 Å². The van der Waals surface area contributed by atoms with Gasteiger partial charge in [0, 0.05) is 12.4 Å². The van der Waals surface area contributed by atoms with Gasteiger partial charge in [0.2, 0.25) is 0 Å². The van der Waals surface area contributed by atoms with Crippen LogP contribution in [0, 0.1) is 6.92 Å². The molecule has 1 aromatic carbocycles. The van der Waals surface area contributed by atoms with E-state index < -0.39 is 0 Å². The highest BCUT2D eigenvalue weighted by molar-refractivity contribution is 5.74. The number of nitrogens with zero attached hydrogens (tertiary/aromatic N) is 2. The van der Waals surface area contributed by atoms with E-state index in [2.05, 4.69) is 23.8 Å². The van der Waals surface area contributed by atoms with Crippen molar-refractivity contribution in [2.45, 2.75) is 46.5 Å². The van der Waals surface area contributed by atoms with E-state index >= 15 is 0 Å². The molecule has 0 saturated heterocycles. The first kappa shape index (κ1) is 13.6. The fraction of sp³-hybridized carbons (Fsp3) is 0.467. The van der Waals surface area contributed by atoms with E-state index in [1.807, 2.05) is 25.1 Å². The average Bonchev–Trinajstić information content (AvgIpc) is 2.37. The van der Waals surface area contributed by atoms with Gasteiger partial charge in [-0.15, -0.1) is 0 Å². The quantitative estimate of drug-likeness (QED) is 0.724. The Kier molecular flexibility index (Phi) is 6.23. The Labute approximate surface area is 104 Å². The molecule has 0 bridgehead atoms. The molecule has 0 amide bonds. The molecule has 92 valence electrons. The minimum absolute atomic E-state index is 0.957. The van der Waals surface area contributed by atoms with Crippen molar-refractivity contribution in [2.24, 2.45) is 0 Å². The van der Waals surface area contributed by atoms with Gasteiger partial charge in [-0.05, 0) is 24.6 Å². The maximum absolute atomic E-state index is 4.18. The third-order valence-corrected chi connectivity index (χ3v) is 2.58. The fourth-order valence-electron chi connectivity index (χ4n) is 1.57. The maximum Gasteiger partial charge on any atom is 0.0889 e. The number of unbranched alkanes of at least 4 members (excludes halogenated alkanes) is 3. The van der Waals surface area contributed by atoms with E-state index in [0.717, 1.165) is 11.0 Å². The van der Waals surface area contributed by atoms with E-state index in [0.29, 0.717) is 0 Å². The van der Waals surface area contributed by atoms with E-state index in [1.54, 1.807) is 12.4 Å². The first-order chi connectivity index (χ1) is 8.27. The lowest BCUT2D eigenvalue weighted by atomic mass is 10.2. The van der Waals surface area contributed by atoms with Crippen LogP contribution in [-0.2, 0) is 0 Å². The number of hydrogen-bond donors (Lipinski definition) is 0. The summed E-state index contributed by atoms with van der Waals surface area (Å²) < 4.78 is 0. The molecule has 17 heavy (non-hydrogen) atoms. The van der Waals surface area contributed by atoms with Gasteiger partial charge in [-0.25, -0.2) is 0 Å². The molecule has 0 fully saturated rings. The first-order valence-electron chi connectivity index (χ1n) is 6.45. The largest absolute Gasteiger partial charge is 0.253 e. The smallest absolute Gasteiger partial charge is 0.0889 e. The van der Waals surface area contributed by atoms with Crippen LogP contribution in [0.15, 0.2) is 30.6 Å². The van der Waals surface area contributed by atoms with Gasteiger partial charge in [0.1, 0.15) is 0 Å². The van der Waals surface area contributed by atoms with Crippen LogP contribution in [0.5, 0.6) is 0 Å². The van der Waals surface area contributed by atoms with E-state index in [-0.39, 0.29) is 0 Å². The fourth-order valence-corrected chi connectivity index (χ4v) is 1.57. The monoisotopic (exact) mass is 230 g/mol. The van der Waals surface area contributed by atoms with Gasteiger partial charge in [0.25, 0.3) is 0 Å². The minimum atomic E-state index is 0.957. The molecule has 0 aliphatic carbocycles. The molecule has 2 nitrogen and oxygen atoms in total. The average molecular weight is 230 g/mol. The van der Waals surface area contributed by atoms with Crippen molar-refractivity contribution in [3.63, 3.8) is 0 Å². The van der Waals surface area contributed by atoms with Crippen molar-refractivity contribution in [3.05, 3.63) is 36.2 Å². The number of rotatable bonds is 3. The molecule has 2 heteroatoms. The Balaban J connectivity index is 0.000000209. The van der Waals surface area contributed by atoms with Gasteiger partial charge in [-0.2, -0.15) is 0 Å². The number of benzene rings is 1. The zero-order valence-corrected chi connectivity index (χ0v) is 11.1. The van der Waals surface area contributed by atoms with Crippen molar-refractivity contribution in [1.29, 1.82) is 0 Å². The van der Waals surface area contributed by atoms with Crippen molar-refractivity contribution < 1.29 is 0 Å². The van der Waals surface area contributed by atoms with Crippen LogP contribution in [0.1, 0.15) is 45.1 Å². The van der Waals surface area contributed by atoms with Gasteiger partial charge < -0.3 is 0 Å². The van der Waals surface area contributed by atoms with Crippen LogP contribution < -0.4 is 0 Å². The van der Waals surface area contributed by atoms with Crippen molar-refractivity contribution in [2.75, 3.05) is 0 Å². The summed E-state index contributed by atoms with van der Waals surface area (Å²) >= 11 is 0. The van der Waals surface area contributed by atoms with Crippen molar-refractivity contribution >= 4 is 11.0 Å². The van der Waals surface area contributed by atoms with Crippen molar-refractivity contribution in [3.8, 4) is 0 Å². The molecular weight excluding hydrogens is 208 g/mol. The van der Waals surface area contributed by atoms with Crippen LogP contribution in [0.2, 0.25) is 0 Å². The Morgan fingerprint density at radius 1 is 0.882 bits per heavy atom. The highest BCUT2D eigenvalue weighted by atomic mass is 14.8. The third kappa shape index (κ3) is 4.94. The summed E-state index contributed by atoms with van der Waals surface area (Å²) in [5, 5.41) is 0. The Hall–Kier alpha value is -1.44. The molecule has 0 radical (unpaired) electrons. The third-order valence-electron chi connectivity index (χ3n) is 2.58. The normalized spacial score (nSPS) is 9.82. The highest BCUT2D eigenvalue weighted by Gasteiger charge is 1.92. The second-order valence-corrected chi connectivity index (χ2v) is 4.26. The molecule has 2 rings (SSSR count). The summed E-state index contributed by atoms with van der Waals surface area (Å²) in [6, 6.07) is 6.05. The maximum atomic E-state index is 4.18. The molecule has 0 atom stereocenters. The lowest BCUT2D eigenvalue weighted by molar-refractivity contribution is 0.702. The van der Waals surface area contributed by atoms with Gasteiger partial charge in [-0.3, -0.25) is 9.97 Å². The van der Waals surface area contributed by atoms with Crippen LogP contribution in [0.4, 0.5) is 0 Å². The van der Waals surface area contributed by atoms with Gasteiger partial charge in [0.15, 0.2) is 0 Å². The molecule has 2 aromatic rings. The lowest BCUT2D eigenvalue weighted by Crippen LogP contribution is -1.81. The molecule has 0 saturated carbocycles. The summed E-state index contributed by atoms with van der Waals surface area (Å²) in [6.45, 7) is 6.51. The first-order valence-corrected chi connectivity index (χ1v) is 6.45. The zero-order chi connectivity index (χ0) is 12.5. The summed E-state index contributed by atoms with van der Waals surface area (Å²) in [6.07, 6.45) is 8.95.